The molecule has 2 aromatic rings. The first-order valence-electron chi connectivity index (χ1n) is 6.36. The van der Waals surface area contributed by atoms with Gasteiger partial charge in [0.25, 0.3) is 5.91 Å². The number of nitrogens with zero attached hydrogens (tertiary/aromatic N) is 2. The van der Waals surface area contributed by atoms with Gasteiger partial charge in [0.05, 0.1) is 5.71 Å². The van der Waals surface area contributed by atoms with Crippen LogP contribution in [0.2, 0.25) is 0 Å². The van der Waals surface area contributed by atoms with E-state index in [1.807, 2.05) is 0 Å². The fourth-order valence-electron chi connectivity index (χ4n) is 1.66. The van der Waals surface area contributed by atoms with Crippen molar-refractivity contribution < 1.29 is 18.3 Å². The summed E-state index contributed by atoms with van der Waals surface area (Å²) < 4.78 is 28.7. The van der Waals surface area contributed by atoms with Crippen LogP contribution in [-0.2, 0) is 0 Å². The molecule has 0 saturated carbocycles. The first-order chi connectivity index (χ1) is 10.6. The second-order valence-corrected chi connectivity index (χ2v) is 4.28. The first kappa shape index (κ1) is 15.6. The van der Waals surface area contributed by atoms with E-state index in [0.29, 0.717) is 16.8 Å². The van der Waals surface area contributed by atoms with Crippen LogP contribution in [-0.4, -0.2) is 23.2 Å². The summed E-state index contributed by atoms with van der Waals surface area (Å²) in [5.41, 5.74) is 3.83. The smallest absolute Gasteiger partial charge is 0.387 e. The summed E-state index contributed by atoms with van der Waals surface area (Å²) in [4.78, 5) is 15.6. The molecule has 0 atom stereocenters. The van der Waals surface area contributed by atoms with Gasteiger partial charge in [-0.3, -0.25) is 9.78 Å². The fourth-order valence-corrected chi connectivity index (χ4v) is 1.66. The zero-order chi connectivity index (χ0) is 15.9. The summed E-state index contributed by atoms with van der Waals surface area (Å²) in [5.74, 6) is -0.357. The van der Waals surface area contributed by atoms with Crippen LogP contribution in [0.5, 0.6) is 5.75 Å². The van der Waals surface area contributed by atoms with E-state index in [2.05, 4.69) is 20.2 Å². The zero-order valence-electron chi connectivity index (χ0n) is 11.7. The number of aromatic nitrogens is 1. The van der Waals surface area contributed by atoms with Gasteiger partial charge >= 0.3 is 6.61 Å². The number of ether oxygens (including phenoxy) is 1. The molecule has 0 aliphatic carbocycles. The number of hydrogen-bond donors (Lipinski definition) is 1. The van der Waals surface area contributed by atoms with Crippen LogP contribution in [0.15, 0.2) is 53.9 Å². The van der Waals surface area contributed by atoms with E-state index in [9.17, 15) is 13.6 Å². The van der Waals surface area contributed by atoms with E-state index in [4.69, 9.17) is 0 Å². The molecule has 1 aromatic carbocycles. The van der Waals surface area contributed by atoms with Crippen molar-refractivity contribution >= 4 is 11.6 Å². The highest BCUT2D eigenvalue weighted by Crippen LogP contribution is 2.16. The SMILES string of the molecule is C/C(=N\NC(=O)c1ccncc1)c1cccc(OC(F)F)c1. The Hall–Kier alpha value is -2.83. The number of pyridine rings is 1. The van der Waals surface area contributed by atoms with Crippen LogP contribution in [0.4, 0.5) is 8.78 Å². The quantitative estimate of drug-likeness (QED) is 0.682. The van der Waals surface area contributed by atoms with Crippen LogP contribution in [0.25, 0.3) is 0 Å². The standard InChI is InChI=1S/C15H13F2N3O2/c1-10(12-3-2-4-13(9-12)22-15(16)17)19-20-14(21)11-5-7-18-8-6-11/h2-9,15H,1H3,(H,20,21)/b19-10+. The minimum Gasteiger partial charge on any atom is -0.435 e. The van der Waals surface area contributed by atoms with Crippen molar-refractivity contribution in [2.24, 2.45) is 5.10 Å². The molecule has 0 aliphatic heterocycles. The summed E-state index contributed by atoms with van der Waals surface area (Å²) >= 11 is 0. The number of halogens is 2. The number of benzene rings is 1. The van der Waals surface area contributed by atoms with Crippen molar-refractivity contribution in [1.82, 2.24) is 10.4 Å². The maximum atomic E-state index is 12.2. The van der Waals surface area contributed by atoms with Crippen molar-refractivity contribution in [2.75, 3.05) is 0 Å². The van der Waals surface area contributed by atoms with Crippen molar-refractivity contribution in [3.05, 3.63) is 59.9 Å². The second-order valence-electron chi connectivity index (χ2n) is 4.28. The number of hydrogen-bond acceptors (Lipinski definition) is 4. The van der Waals surface area contributed by atoms with Gasteiger partial charge in [-0.25, -0.2) is 5.43 Å². The summed E-state index contributed by atoms with van der Waals surface area (Å²) in [5, 5.41) is 3.94. The lowest BCUT2D eigenvalue weighted by atomic mass is 10.1. The number of rotatable bonds is 5. The van der Waals surface area contributed by atoms with Gasteiger partial charge in [-0.2, -0.15) is 13.9 Å². The van der Waals surface area contributed by atoms with E-state index < -0.39 is 6.61 Å². The van der Waals surface area contributed by atoms with E-state index >= 15 is 0 Å². The average molecular weight is 305 g/mol. The van der Waals surface area contributed by atoms with Crippen molar-refractivity contribution in [3.63, 3.8) is 0 Å². The Balaban J connectivity index is 2.07. The molecule has 114 valence electrons. The zero-order valence-corrected chi connectivity index (χ0v) is 11.7. The van der Waals surface area contributed by atoms with Crippen LogP contribution < -0.4 is 10.2 Å². The molecule has 0 fully saturated rings. The third kappa shape index (κ3) is 4.34. The van der Waals surface area contributed by atoms with E-state index in [0.717, 1.165) is 0 Å². The van der Waals surface area contributed by atoms with Gasteiger partial charge < -0.3 is 4.74 Å². The minimum atomic E-state index is -2.89. The van der Waals surface area contributed by atoms with Crippen molar-refractivity contribution in [2.45, 2.75) is 13.5 Å². The lowest BCUT2D eigenvalue weighted by Gasteiger charge is -2.07. The minimum absolute atomic E-state index is 0.0301. The molecule has 0 saturated heterocycles. The summed E-state index contributed by atoms with van der Waals surface area (Å²) in [7, 11) is 0. The Kier molecular flexibility index (Phi) is 5.13. The Labute approximate surface area is 125 Å². The molecule has 0 bridgehead atoms. The molecule has 0 unspecified atom stereocenters. The molecule has 1 N–H and O–H groups in total. The maximum Gasteiger partial charge on any atom is 0.387 e. The molecule has 0 aliphatic rings. The lowest BCUT2D eigenvalue weighted by molar-refractivity contribution is -0.0498. The summed E-state index contributed by atoms with van der Waals surface area (Å²) in [6.45, 7) is -1.24. The molecule has 5 nitrogen and oxygen atoms in total. The first-order valence-corrected chi connectivity index (χ1v) is 6.36. The number of hydrazone groups is 1. The number of amides is 1. The van der Waals surface area contributed by atoms with Crippen LogP contribution in [0.3, 0.4) is 0 Å². The average Bonchev–Trinajstić information content (AvgIpc) is 2.52. The predicted molar refractivity (Wildman–Crippen MR) is 77.0 cm³/mol. The highest BCUT2D eigenvalue weighted by molar-refractivity contribution is 6.01. The van der Waals surface area contributed by atoms with Gasteiger partial charge in [0.2, 0.25) is 0 Å². The monoisotopic (exact) mass is 305 g/mol. The molecule has 0 spiro atoms. The molecule has 2 rings (SSSR count). The van der Waals surface area contributed by atoms with Crippen LogP contribution in [0.1, 0.15) is 22.8 Å². The van der Waals surface area contributed by atoms with Crippen molar-refractivity contribution in [1.29, 1.82) is 0 Å². The number of carbonyl (C=O) groups excluding carboxylic acids is 1. The number of alkyl halides is 2. The molecule has 1 aromatic heterocycles. The van der Waals surface area contributed by atoms with Crippen LogP contribution in [0, 0.1) is 0 Å². The molecular weight excluding hydrogens is 292 g/mol. The Morgan fingerprint density at radius 3 is 2.64 bits per heavy atom. The highest BCUT2D eigenvalue weighted by Gasteiger charge is 2.07. The number of nitrogens with one attached hydrogen (secondary N) is 1. The normalized spacial score (nSPS) is 11.4. The molecule has 22 heavy (non-hydrogen) atoms. The third-order valence-corrected chi connectivity index (χ3v) is 2.74. The van der Waals surface area contributed by atoms with Gasteiger partial charge in [0, 0.05) is 23.5 Å². The lowest BCUT2D eigenvalue weighted by Crippen LogP contribution is -2.19. The Morgan fingerprint density at radius 1 is 1.23 bits per heavy atom. The van der Waals surface area contributed by atoms with Gasteiger partial charge in [-0.1, -0.05) is 12.1 Å². The maximum absolute atomic E-state index is 12.2. The fraction of sp³-hybridized carbons (Fsp3) is 0.133. The largest absolute Gasteiger partial charge is 0.435 e. The predicted octanol–water partition coefficient (Wildman–Crippen LogP) is 2.84. The van der Waals surface area contributed by atoms with E-state index in [-0.39, 0.29) is 11.7 Å². The molecule has 1 amide bonds. The molecule has 7 heteroatoms. The molecule has 1 heterocycles. The second kappa shape index (κ2) is 7.26. The Bertz CT molecular complexity index is 675. The number of carbonyl (C=O) groups is 1. The summed E-state index contributed by atoms with van der Waals surface area (Å²) in [6.07, 6.45) is 2.99. The molecular formula is C15H13F2N3O2. The van der Waals surface area contributed by atoms with Gasteiger partial charge in [0.1, 0.15) is 5.75 Å². The van der Waals surface area contributed by atoms with Gasteiger partial charge in [-0.05, 0) is 31.2 Å². The third-order valence-electron chi connectivity index (χ3n) is 2.74. The van der Waals surface area contributed by atoms with E-state index in [1.54, 1.807) is 31.2 Å². The van der Waals surface area contributed by atoms with Crippen LogP contribution >= 0.6 is 0 Å². The highest BCUT2D eigenvalue weighted by atomic mass is 19.3. The Morgan fingerprint density at radius 2 is 1.95 bits per heavy atom. The van der Waals surface area contributed by atoms with Crippen molar-refractivity contribution in [3.8, 4) is 5.75 Å². The molecule has 0 radical (unpaired) electrons. The summed E-state index contributed by atoms with van der Waals surface area (Å²) in [6, 6.07) is 9.18. The van der Waals surface area contributed by atoms with E-state index in [1.165, 1.54) is 24.5 Å². The topological polar surface area (TPSA) is 63.6 Å². The van der Waals surface area contributed by atoms with Gasteiger partial charge in [0.15, 0.2) is 0 Å². The van der Waals surface area contributed by atoms with Gasteiger partial charge in [-0.15, -0.1) is 0 Å².